The number of hydrogen-bond acceptors (Lipinski definition) is 4. The molecule has 1 aliphatic heterocycles. The summed E-state index contributed by atoms with van der Waals surface area (Å²) >= 11 is 7.09. The molecule has 0 N–H and O–H groups in total. The number of hydrogen-bond donors (Lipinski definition) is 0. The molecule has 4 nitrogen and oxygen atoms in total. The van der Waals surface area contributed by atoms with E-state index in [2.05, 4.69) is 0 Å². The zero-order valence-corrected chi connectivity index (χ0v) is 16.8. The van der Waals surface area contributed by atoms with Crippen LogP contribution in [0.25, 0.3) is 6.08 Å². The molecule has 144 valence electrons. The lowest BCUT2D eigenvalue weighted by molar-refractivity contribution is -0.113. The Bertz CT molecular complexity index is 1100. The van der Waals surface area contributed by atoms with Gasteiger partial charge < -0.3 is 4.74 Å². The predicted molar refractivity (Wildman–Crippen MR) is 117 cm³/mol. The van der Waals surface area contributed by atoms with Crippen molar-refractivity contribution in [2.45, 2.75) is 6.61 Å². The van der Waals surface area contributed by atoms with Gasteiger partial charge in [0.25, 0.3) is 11.1 Å². The van der Waals surface area contributed by atoms with Crippen LogP contribution >= 0.6 is 23.4 Å². The standard InChI is InChI=1S/C23H16ClNO3S/c24-20-12-5-4-8-17(20)15-28-19-11-6-7-16(13-19)14-21-22(26)25(23(27)29-21)18-9-2-1-3-10-18/h1-14H,15H2/b21-14-. The Morgan fingerprint density at radius 3 is 2.48 bits per heavy atom. The number of carbonyl (C=O) groups excluding carboxylic acids is 2. The Morgan fingerprint density at radius 2 is 1.69 bits per heavy atom. The lowest BCUT2D eigenvalue weighted by Gasteiger charge is -2.11. The average Bonchev–Trinajstić information content (AvgIpc) is 3.01. The fraction of sp³-hybridized carbons (Fsp3) is 0.0435. The fourth-order valence-electron chi connectivity index (χ4n) is 2.89. The van der Waals surface area contributed by atoms with E-state index >= 15 is 0 Å². The minimum Gasteiger partial charge on any atom is -0.489 e. The normalized spacial score (nSPS) is 15.2. The van der Waals surface area contributed by atoms with E-state index in [9.17, 15) is 9.59 Å². The Morgan fingerprint density at radius 1 is 0.931 bits per heavy atom. The summed E-state index contributed by atoms with van der Waals surface area (Å²) in [6.07, 6.45) is 1.70. The highest BCUT2D eigenvalue weighted by Gasteiger charge is 2.36. The maximum absolute atomic E-state index is 12.7. The third-order valence-corrected chi connectivity index (χ3v) is 5.55. The van der Waals surface area contributed by atoms with Gasteiger partial charge in [-0.15, -0.1) is 0 Å². The molecule has 0 unspecified atom stereocenters. The van der Waals surface area contributed by atoms with Gasteiger partial charge in [-0.05, 0) is 53.7 Å². The van der Waals surface area contributed by atoms with Crippen LogP contribution in [0.1, 0.15) is 11.1 Å². The molecule has 1 fully saturated rings. The van der Waals surface area contributed by atoms with Crippen molar-refractivity contribution in [1.82, 2.24) is 0 Å². The van der Waals surface area contributed by atoms with Crippen LogP contribution in [0.5, 0.6) is 5.75 Å². The molecule has 1 aliphatic rings. The number of para-hydroxylation sites is 1. The highest BCUT2D eigenvalue weighted by Crippen LogP contribution is 2.35. The van der Waals surface area contributed by atoms with Gasteiger partial charge in [-0.1, -0.05) is 60.1 Å². The summed E-state index contributed by atoms with van der Waals surface area (Å²) in [4.78, 5) is 26.6. The van der Waals surface area contributed by atoms with Crippen LogP contribution in [0, 0.1) is 0 Å². The molecule has 0 saturated carbocycles. The number of benzene rings is 3. The molecule has 0 radical (unpaired) electrons. The summed E-state index contributed by atoms with van der Waals surface area (Å²) in [6, 6.07) is 23.8. The summed E-state index contributed by atoms with van der Waals surface area (Å²) in [5.41, 5.74) is 2.24. The van der Waals surface area contributed by atoms with Crippen molar-refractivity contribution in [3.05, 3.63) is 99.9 Å². The number of thioether (sulfide) groups is 1. The van der Waals surface area contributed by atoms with Crippen molar-refractivity contribution in [3.63, 3.8) is 0 Å². The Hall–Kier alpha value is -3.02. The van der Waals surface area contributed by atoms with Crippen LogP contribution in [0.3, 0.4) is 0 Å². The third-order valence-electron chi connectivity index (χ3n) is 4.32. The molecule has 0 bridgehead atoms. The maximum Gasteiger partial charge on any atom is 0.298 e. The van der Waals surface area contributed by atoms with Gasteiger partial charge >= 0.3 is 0 Å². The second-order valence-corrected chi connectivity index (χ2v) is 7.71. The largest absolute Gasteiger partial charge is 0.489 e. The molecule has 0 atom stereocenters. The molecule has 3 aromatic carbocycles. The first-order valence-corrected chi connectivity index (χ1v) is 10.1. The first-order valence-electron chi connectivity index (χ1n) is 8.91. The van der Waals surface area contributed by atoms with E-state index in [0.717, 1.165) is 22.9 Å². The second-order valence-electron chi connectivity index (χ2n) is 6.31. The minimum atomic E-state index is -0.325. The average molecular weight is 422 g/mol. The van der Waals surface area contributed by atoms with Gasteiger partial charge in [0, 0.05) is 10.6 Å². The van der Waals surface area contributed by atoms with Gasteiger partial charge in [0.1, 0.15) is 12.4 Å². The number of amides is 2. The van der Waals surface area contributed by atoms with Crippen LogP contribution in [0.15, 0.2) is 83.8 Å². The van der Waals surface area contributed by atoms with Gasteiger partial charge in [-0.3, -0.25) is 9.59 Å². The Kier molecular flexibility index (Phi) is 5.69. The summed E-state index contributed by atoms with van der Waals surface area (Å²) in [6.45, 7) is 0.341. The van der Waals surface area contributed by atoms with E-state index < -0.39 is 0 Å². The molecule has 2 amide bonds. The summed E-state index contributed by atoms with van der Waals surface area (Å²) in [7, 11) is 0. The van der Waals surface area contributed by atoms with Crippen LogP contribution in [0.2, 0.25) is 5.02 Å². The van der Waals surface area contributed by atoms with Crippen LogP contribution < -0.4 is 9.64 Å². The summed E-state index contributed by atoms with van der Waals surface area (Å²) in [5, 5.41) is 0.344. The Labute approximate surface area is 177 Å². The van der Waals surface area contributed by atoms with E-state index in [0.29, 0.717) is 28.0 Å². The van der Waals surface area contributed by atoms with E-state index in [1.807, 2.05) is 54.6 Å². The zero-order chi connectivity index (χ0) is 20.2. The number of nitrogens with zero attached hydrogens (tertiary/aromatic N) is 1. The lowest BCUT2D eigenvalue weighted by atomic mass is 10.2. The number of anilines is 1. The van der Waals surface area contributed by atoms with Gasteiger partial charge in [0.2, 0.25) is 0 Å². The number of halogens is 1. The van der Waals surface area contributed by atoms with Gasteiger partial charge in [-0.2, -0.15) is 0 Å². The first kappa shape index (κ1) is 19.3. The summed E-state index contributed by atoms with van der Waals surface area (Å²) < 4.78 is 5.83. The monoisotopic (exact) mass is 421 g/mol. The van der Waals surface area contributed by atoms with Crippen LogP contribution in [-0.2, 0) is 11.4 Å². The molecular weight excluding hydrogens is 406 g/mol. The fourth-order valence-corrected chi connectivity index (χ4v) is 3.92. The number of ether oxygens (including phenoxy) is 1. The Balaban J connectivity index is 1.51. The molecule has 0 spiro atoms. The molecule has 1 saturated heterocycles. The van der Waals surface area contributed by atoms with Crippen LogP contribution in [0.4, 0.5) is 10.5 Å². The lowest BCUT2D eigenvalue weighted by Crippen LogP contribution is -2.27. The van der Waals surface area contributed by atoms with Crippen molar-refractivity contribution >= 4 is 46.3 Å². The van der Waals surface area contributed by atoms with Crippen molar-refractivity contribution in [2.75, 3.05) is 4.90 Å². The number of carbonyl (C=O) groups is 2. The SMILES string of the molecule is O=C1S/C(=C\c2cccc(OCc3ccccc3Cl)c2)C(=O)N1c1ccccc1. The van der Waals surface area contributed by atoms with E-state index in [1.54, 1.807) is 30.3 Å². The van der Waals surface area contributed by atoms with Crippen molar-refractivity contribution in [1.29, 1.82) is 0 Å². The quantitative estimate of drug-likeness (QED) is 0.463. The van der Waals surface area contributed by atoms with Crippen molar-refractivity contribution in [2.24, 2.45) is 0 Å². The zero-order valence-electron chi connectivity index (χ0n) is 15.2. The van der Waals surface area contributed by atoms with Crippen molar-refractivity contribution < 1.29 is 14.3 Å². The van der Waals surface area contributed by atoms with Crippen LogP contribution in [-0.4, -0.2) is 11.1 Å². The molecule has 0 aliphatic carbocycles. The third kappa shape index (κ3) is 4.36. The number of imide groups is 1. The summed E-state index contributed by atoms with van der Waals surface area (Å²) in [5.74, 6) is 0.328. The molecule has 4 rings (SSSR count). The molecule has 29 heavy (non-hydrogen) atoms. The van der Waals surface area contributed by atoms with Gasteiger partial charge in [-0.25, -0.2) is 4.90 Å². The van der Waals surface area contributed by atoms with E-state index in [-0.39, 0.29) is 11.1 Å². The number of rotatable bonds is 5. The maximum atomic E-state index is 12.7. The predicted octanol–water partition coefficient (Wildman–Crippen LogP) is 6.16. The molecule has 0 aromatic heterocycles. The topological polar surface area (TPSA) is 46.6 Å². The molecule has 6 heteroatoms. The highest BCUT2D eigenvalue weighted by atomic mass is 35.5. The highest BCUT2D eigenvalue weighted by molar-refractivity contribution is 8.19. The molecular formula is C23H16ClNO3S. The van der Waals surface area contributed by atoms with Gasteiger partial charge in [0.05, 0.1) is 10.6 Å². The van der Waals surface area contributed by atoms with Crippen molar-refractivity contribution in [3.8, 4) is 5.75 Å². The molecule has 1 heterocycles. The van der Waals surface area contributed by atoms with E-state index in [4.69, 9.17) is 16.3 Å². The van der Waals surface area contributed by atoms with E-state index in [1.165, 1.54) is 4.90 Å². The smallest absolute Gasteiger partial charge is 0.298 e. The molecule has 3 aromatic rings. The minimum absolute atomic E-state index is 0.307. The first-order chi connectivity index (χ1) is 14.1. The second kappa shape index (κ2) is 8.55. The van der Waals surface area contributed by atoms with Gasteiger partial charge in [0.15, 0.2) is 0 Å².